The quantitative estimate of drug-likeness (QED) is 0.702. The van der Waals surface area contributed by atoms with Crippen LogP contribution in [0.1, 0.15) is 34.6 Å². The Hall–Kier alpha value is 0.620. The predicted octanol–water partition coefficient (Wildman–Crippen LogP) is 3.18. The van der Waals surface area contributed by atoms with Crippen molar-refractivity contribution in [3.63, 3.8) is 0 Å². The molecule has 2 fully saturated rings. The molecule has 8 heteroatoms. The Balaban J connectivity index is 2.09. The van der Waals surface area contributed by atoms with Gasteiger partial charge < -0.3 is 0 Å². The molecule has 0 unspecified atom stereocenters. The van der Waals surface area contributed by atoms with Crippen molar-refractivity contribution in [2.45, 2.75) is 52.6 Å². The van der Waals surface area contributed by atoms with Crippen molar-refractivity contribution >= 4 is 15.9 Å². The van der Waals surface area contributed by atoms with Crippen molar-refractivity contribution in [2.24, 2.45) is 0 Å². The Morgan fingerprint density at radius 1 is 0.889 bits per heavy atom. The Morgan fingerprint density at radius 2 is 1.22 bits per heavy atom. The van der Waals surface area contributed by atoms with Crippen molar-refractivity contribution < 1.29 is 27.1 Å². The second kappa shape index (κ2) is 5.55. The third-order valence-electron chi connectivity index (χ3n) is 3.07. The second-order valence-corrected chi connectivity index (χ2v) is 10.6. The molecular formula is C10H24O6P2. The van der Waals surface area contributed by atoms with Crippen LogP contribution in [0.25, 0.3) is 0 Å². The summed E-state index contributed by atoms with van der Waals surface area (Å²) in [6.45, 7) is 10.7. The van der Waals surface area contributed by atoms with E-state index in [0.29, 0.717) is 13.2 Å². The van der Waals surface area contributed by atoms with E-state index in [1.54, 1.807) is 0 Å². The summed E-state index contributed by atoms with van der Waals surface area (Å²) in [6.07, 6.45) is -0.424. The number of rotatable bonds is 6. The first-order chi connectivity index (χ1) is 8.48. The number of hydrogen-bond acceptors (Lipinski definition) is 6. The molecule has 0 aromatic rings. The van der Waals surface area contributed by atoms with Gasteiger partial charge in [0.2, 0.25) is 0 Å². The van der Waals surface area contributed by atoms with Gasteiger partial charge in [-0.25, -0.2) is 0 Å². The van der Waals surface area contributed by atoms with Gasteiger partial charge >= 0.3 is 109 Å². The maximum atomic E-state index is 5.78. The molecule has 0 N–H and O–H groups in total. The molecule has 18 heavy (non-hydrogen) atoms. The van der Waals surface area contributed by atoms with Crippen LogP contribution in [0.3, 0.4) is 0 Å². The summed E-state index contributed by atoms with van der Waals surface area (Å²) in [6, 6.07) is 0. The Bertz CT molecular complexity index is 251. The topological polar surface area (TPSA) is 55.4 Å². The van der Waals surface area contributed by atoms with Gasteiger partial charge in [-0.05, 0) is 0 Å². The zero-order valence-corrected chi connectivity index (χ0v) is 13.6. The van der Waals surface area contributed by atoms with Crippen LogP contribution in [-0.2, 0) is 27.1 Å². The van der Waals surface area contributed by atoms with Crippen LogP contribution in [0.4, 0.5) is 0 Å². The van der Waals surface area contributed by atoms with Crippen LogP contribution in [-0.4, -0.2) is 31.2 Å². The molecule has 110 valence electrons. The van der Waals surface area contributed by atoms with Crippen molar-refractivity contribution in [2.75, 3.05) is 13.2 Å². The molecule has 0 aromatic carbocycles. The standard InChI is InChI=1S/C10H24O6P2/c1-6-11-17(13-8(3)14-17)10(5)18(12-7-2)15-9(4)16-18/h8-10,17-18H,6-7H2,1-5H3. The SMILES string of the molecule is CCO[PH]1(C(C)[PH]2(OCC)OC(C)O2)OC(C)O1. The van der Waals surface area contributed by atoms with Crippen molar-refractivity contribution in [1.82, 2.24) is 0 Å². The van der Waals surface area contributed by atoms with Gasteiger partial charge in [0.1, 0.15) is 0 Å². The average molecular weight is 302 g/mol. The molecular weight excluding hydrogens is 278 g/mol. The summed E-state index contributed by atoms with van der Waals surface area (Å²) < 4.78 is 34.6. The summed E-state index contributed by atoms with van der Waals surface area (Å²) in [5.74, 6) is 0. The van der Waals surface area contributed by atoms with Gasteiger partial charge in [-0.1, -0.05) is 0 Å². The van der Waals surface area contributed by atoms with Crippen LogP contribution < -0.4 is 0 Å². The van der Waals surface area contributed by atoms with E-state index >= 15 is 0 Å². The maximum absolute atomic E-state index is 5.78. The minimum absolute atomic E-state index is 0.0858. The molecule has 2 aliphatic rings. The molecule has 0 amide bonds. The average Bonchev–Trinajstić information content (AvgIpc) is 2.23. The van der Waals surface area contributed by atoms with Gasteiger partial charge in [0.05, 0.1) is 0 Å². The molecule has 2 rings (SSSR count). The molecule has 0 atom stereocenters. The number of hydrogen-bond donors (Lipinski definition) is 0. The normalized spacial score (nSPS) is 38.1. The molecule has 0 spiro atoms. The fourth-order valence-electron chi connectivity index (χ4n) is 2.36. The molecule has 0 bridgehead atoms. The predicted molar refractivity (Wildman–Crippen MR) is 72.6 cm³/mol. The molecule has 0 aliphatic carbocycles. The van der Waals surface area contributed by atoms with Crippen LogP contribution >= 0.6 is 15.9 Å². The van der Waals surface area contributed by atoms with Gasteiger partial charge in [0, 0.05) is 0 Å². The molecule has 2 saturated heterocycles. The van der Waals surface area contributed by atoms with Crippen LogP contribution in [0, 0.1) is 0 Å². The second-order valence-electron chi connectivity index (χ2n) is 4.40. The van der Waals surface area contributed by atoms with Crippen molar-refractivity contribution in [3.8, 4) is 0 Å². The van der Waals surface area contributed by atoms with Gasteiger partial charge in [-0.15, -0.1) is 0 Å². The Kier molecular flexibility index (Phi) is 4.63. The van der Waals surface area contributed by atoms with E-state index in [4.69, 9.17) is 27.1 Å². The van der Waals surface area contributed by atoms with E-state index in [1.807, 2.05) is 34.6 Å². The van der Waals surface area contributed by atoms with Crippen LogP contribution in [0.15, 0.2) is 0 Å². The fourth-order valence-corrected chi connectivity index (χ4v) is 9.68. The van der Waals surface area contributed by atoms with Gasteiger partial charge in [0.25, 0.3) is 0 Å². The van der Waals surface area contributed by atoms with Crippen LogP contribution in [0.5, 0.6) is 0 Å². The van der Waals surface area contributed by atoms with Gasteiger partial charge in [0.15, 0.2) is 0 Å². The fraction of sp³-hybridized carbons (Fsp3) is 1.00. The summed E-state index contributed by atoms with van der Waals surface area (Å²) in [4.78, 5) is 0. The Morgan fingerprint density at radius 3 is 1.44 bits per heavy atom. The van der Waals surface area contributed by atoms with E-state index < -0.39 is 15.9 Å². The Labute approximate surface area is 109 Å². The summed E-state index contributed by atoms with van der Waals surface area (Å²) in [5.41, 5.74) is 0. The minimum atomic E-state index is -2.69. The molecule has 2 aliphatic heterocycles. The monoisotopic (exact) mass is 302 g/mol. The summed E-state index contributed by atoms with van der Waals surface area (Å²) in [5, 5.41) is -0.0858. The first-order valence-electron chi connectivity index (χ1n) is 6.47. The molecule has 2 heterocycles. The van der Waals surface area contributed by atoms with E-state index in [1.165, 1.54) is 0 Å². The zero-order chi connectivity index (χ0) is 13.4. The third kappa shape index (κ3) is 2.46. The first-order valence-corrected chi connectivity index (χ1v) is 10.1. The molecule has 0 aromatic heterocycles. The van der Waals surface area contributed by atoms with Crippen molar-refractivity contribution in [3.05, 3.63) is 0 Å². The summed E-state index contributed by atoms with van der Waals surface area (Å²) in [7, 11) is -5.39. The van der Waals surface area contributed by atoms with E-state index in [0.717, 1.165) is 0 Å². The van der Waals surface area contributed by atoms with E-state index in [9.17, 15) is 0 Å². The van der Waals surface area contributed by atoms with Gasteiger partial charge in [-0.2, -0.15) is 0 Å². The molecule has 0 saturated carbocycles. The van der Waals surface area contributed by atoms with Crippen LogP contribution in [0.2, 0.25) is 0 Å². The van der Waals surface area contributed by atoms with E-state index in [-0.39, 0.29) is 18.0 Å². The third-order valence-corrected chi connectivity index (χ3v) is 11.3. The van der Waals surface area contributed by atoms with E-state index in [2.05, 4.69) is 0 Å². The molecule has 0 radical (unpaired) electrons. The molecule has 6 nitrogen and oxygen atoms in total. The van der Waals surface area contributed by atoms with Crippen molar-refractivity contribution in [1.29, 1.82) is 0 Å². The zero-order valence-electron chi connectivity index (χ0n) is 11.6. The van der Waals surface area contributed by atoms with Gasteiger partial charge in [-0.3, -0.25) is 0 Å². The summed E-state index contributed by atoms with van der Waals surface area (Å²) >= 11 is 0. The first kappa shape index (κ1) is 15.0.